The van der Waals surface area contributed by atoms with Crippen LogP contribution in [-0.4, -0.2) is 34.4 Å². The molecule has 1 aliphatic rings. The van der Waals surface area contributed by atoms with Crippen LogP contribution in [0.25, 0.3) is 10.9 Å². The molecule has 0 bridgehead atoms. The number of nitrogens with one attached hydrogen (secondary N) is 1. The minimum Gasteiger partial charge on any atom is -0.480 e. The monoisotopic (exact) mass is 332 g/mol. The van der Waals surface area contributed by atoms with Crippen molar-refractivity contribution in [1.82, 2.24) is 9.88 Å². The molecule has 1 atom stereocenters. The summed E-state index contributed by atoms with van der Waals surface area (Å²) in [4.78, 5) is 35.8. The number of ether oxygens (including phenoxy) is 2. The van der Waals surface area contributed by atoms with Gasteiger partial charge in [0.15, 0.2) is 11.5 Å². The molecule has 8 heteroatoms. The first-order valence-corrected chi connectivity index (χ1v) is 7.42. The van der Waals surface area contributed by atoms with Crippen molar-refractivity contribution in [3.63, 3.8) is 0 Å². The maximum Gasteiger partial charge on any atom is 0.325 e. The minimum atomic E-state index is -1.18. The Labute approximate surface area is 136 Å². The highest BCUT2D eigenvalue weighted by Crippen LogP contribution is 2.35. The van der Waals surface area contributed by atoms with Crippen molar-refractivity contribution >= 4 is 22.8 Å². The molecule has 2 heterocycles. The average Bonchev–Trinajstić information content (AvgIpc) is 3.01. The smallest absolute Gasteiger partial charge is 0.325 e. The van der Waals surface area contributed by atoms with Gasteiger partial charge < -0.3 is 24.5 Å². The first kappa shape index (κ1) is 15.9. The van der Waals surface area contributed by atoms with Crippen LogP contribution in [0.15, 0.2) is 23.1 Å². The van der Waals surface area contributed by atoms with Crippen molar-refractivity contribution in [2.75, 3.05) is 6.79 Å². The summed E-state index contributed by atoms with van der Waals surface area (Å²) in [6.45, 7) is 3.80. The number of hydrogen-bond donors (Lipinski definition) is 2. The number of aryl methyl sites for hydroxylation is 1. The number of carbonyl (C=O) groups excluding carboxylic acids is 1. The maximum absolute atomic E-state index is 12.7. The van der Waals surface area contributed by atoms with Gasteiger partial charge in [0.05, 0.1) is 10.9 Å². The Morgan fingerprint density at radius 1 is 1.33 bits per heavy atom. The lowest BCUT2D eigenvalue weighted by Gasteiger charge is -2.13. The number of rotatable bonds is 4. The SMILES string of the molecule is CCn1cc(C(=O)NC(C)C(=O)O)c(=O)c2cc3c(cc21)OCO3. The van der Waals surface area contributed by atoms with Crippen molar-refractivity contribution in [3.8, 4) is 11.5 Å². The molecule has 8 nitrogen and oxygen atoms in total. The molecule has 0 spiro atoms. The molecule has 0 saturated carbocycles. The fourth-order valence-corrected chi connectivity index (χ4v) is 2.54. The number of pyridine rings is 1. The van der Waals surface area contributed by atoms with Gasteiger partial charge in [-0.25, -0.2) is 0 Å². The van der Waals surface area contributed by atoms with E-state index in [1.54, 1.807) is 16.7 Å². The second kappa shape index (κ2) is 5.88. The largest absolute Gasteiger partial charge is 0.480 e. The average molecular weight is 332 g/mol. The van der Waals surface area contributed by atoms with Crippen LogP contribution in [-0.2, 0) is 11.3 Å². The first-order valence-electron chi connectivity index (χ1n) is 7.42. The zero-order valence-electron chi connectivity index (χ0n) is 13.2. The predicted octanol–water partition coefficient (Wildman–Crippen LogP) is 0.953. The summed E-state index contributed by atoms with van der Waals surface area (Å²) in [6.07, 6.45) is 1.43. The van der Waals surface area contributed by atoms with Crippen LogP contribution in [0.5, 0.6) is 11.5 Å². The van der Waals surface area contributed by atoms with E-state index in [4.69, 9.17) is 14.6 Å². The summed E-state index contributed by atoms with van der Waals surface area (Å²) in [5, 5.41) is 11.5. The number of benzene rings is 1. The van der Waals surface area contributed by atoms with Gasteiger partial charge in [0.25, 0.3) is 5.91 Å². The third-order valence-electron chi connectivity index (χ3n) is 3.88. The molecule has 126 valence electrons. The molecule has 1 amide bonds. The van der Waals surface area contributed by atoms with E-state index in [1.807, 2.05) is 6.92 Å². The van der Waals surface area contributed by atoms with E-state index in [-0.39, 0.29) is 12.4 Å². The summed E-state index contributed by atoms with van der Waals surface area (Å²) in [5.41, 5.74) is 0.0222. The lowest BCUT2D eigenvalue weighted by molar-refractivity contribution is -0.138. The Hall–Kier alpha value is -3.03. The fourth-order valence-electron chi connectivity index (χ4n) is 2.54. The molecular weight excluding hydrogens is 316 g/mol. The van der Waals surface area contributed by atoms with Gasteiger partial charge in [-0.1, -0.05) is 0 Å². The standard InChI is InChI=1S/C16H16N2O6/c1-3-18-6-10(15(20)17-8(2)16(21)22)14(19)9-4-12-13(5-11(9)18)24-7-23-12/h4-6,8H,3,7H2,1-2H3,(H,17,20)(H,21,22). The molecular formula is C16H16N2O6. The molecule has 0 saturated heterocycles. The van der Waals surface area contributed by atoms with Crippen LogP contribution in [0.3, 0.4) is 0 Å². The molecule has 1 aromatic carbocycles. The van der Waals surface area contributed by atoms with E-state index in [2.05, 4.69) is 5.32 Å². The Morgan fingerprint density at radius 2 is 2.00 bits per heavy atom. The Bertz CT molecular complexity index is 902. The minimum absolute atomic E-state index is 0.0788. The number of aliphatic carboxylic acids is 1. The molecule has 0 fully saturated rings. The van der Waals surface area contributed by atoms with E-state index in [9.17, 15) is 14.4 Å². The van der Waals surface area contributed by atoms with Crippen LogP contribution in [0.1, 0.15) is 24.2 Å². The quantitative estimate of drug-likeness (QED) is 0.863. The molecule has 1 aromatic heterocycles. The number of carbonyl (C=O) groups is 2. The van der Waals surface area contributed by atoms with Gasteiger partial charge in [0.2, 0.25) is 12.2 Å². The topological polar surface area (TPSA) is 107 Å². The second-order valence-corrected chi connectivity index (χ2v) is 5.41. The number of fused-ring (bicyclic) bond motifs is 2. The first-order chi connectivity index (χ1) is 11.4. The number of hydrogen-bond acceptors (Lipinski definition) is 5. The fraction of sp³-hybridized carbons (Fsp3) is 0.312. The van der Waals surface area contributed by atoms with Crippen LogP contribution in [0.2, 0.25) is 0 Å². The van der Waals surface area contributed by atoms with Gasteiger partial charge in [-0.15, -0.1) is 0 Å². The zero-order valence-corrected chi connectivity index (χ0v) is 13.2. The third kappa shape index (κ3) is 2.55. The maximum atomic E-state index is 12.7. The molecule has 3 rings (SSSR count). The number of aromatic nitrogens is 1. The van der Waals surface area contributed by atoms with Crippen LogP contribution in [0, 0.1) is 0 Å². The summed E-state index contributed by atoms with van der Waals surface area (Å²) in [5.74, 6) is -0.917. The lowest BCUT2D eigenvalue weighted by Crippen LogP contribution is -2.40. The number of amides is 1. The summed E-state index contributed by atoms with van der Waals surface area (Å²) in [6, 6.07) is 2.15. The predicted molar refractivity (Wildman–Crippen MR) is 84.6 cm³/mol. The Balaban J connectivity index is 2.14. The molecule has 0 aliphatic carbocycles. The Kier molecular flexibility index (Phi) is 3.88. The summed E-state index contributed by atoms with van der Waals surface area (Å²) < 4.78 is 12.3. The summed E-state index contributed by atoms with van der Waals surface area (Å²) in [7, 11) is 0. The molecule has 0 radical (unpaired) electrons. The lowest BCUT2D eigenvalue weighted by atomic mass is 10.1. The van der Waals surface area contributed by atoms with E-state index >= 15 is 0 Å². The van der Waals surface area contributed by atoms with Gasteiger partial charge in [0, 0.05) is 18.8 Å². The van der Waals surface area contributed by atoms with Crippen LogP contribution in [0.4, 0.5) is 0 Å². The second-order valence-electron chi connectivity index (χ2n) is 5.41. The molecule has 24 heavy (non-hydrogen) atoms. The molecule has 2 N–H and O–H groups in total. The number of carboxylic acid groups (broad SMARTS) is 1. The van der Waals surface area contributed by atoms with Crippen LogP contribution < -0.4 is 20.2 Å². The van der Waals surface area contributed by atoms with Crippen LogP contribution >= 0.6 is 0 Å². The molecule has 1 aliphatic heterocycles. The number of carboxylic acids is 1. The van der Waals surface area contributed by atoms with Crippen molar-refractivity contribution in [3.05, 3.63) is 34.1 Å². The Morgan fingerprint density at radius 3 is 2.62 bits per heavy atom. The third-order valence-corrected chi connectivity index (χ3v) is 3.88. The van der Waals surface area contributed by atoms with Gasteiger partial charge in [0.1, 0.15) is 11.6 Å². The molecule has 1 unspecified atom stereocenters. The number of nitrogens with zero attached hydrogens (tertiary/aromatic N) is 1. The van der Waals surface area contributed by atoms with Crippen molar-refractivity contribution in [1.29, 1.82) is 0 Å². The van der Waals surface area contributed by atoms with E-state index in [0.717, 1.165) is 0 Å². The van der Waals surface area contributed by atoms with Crippen molar-refractivity contribution < 1.29 is 24.2 Å². The normalized spacial score (nSPS) is 13.8. The highest BCUT2D eigenvalue weighted by molar-refractivity contribution is 5.99. The van der Waals surface area contributed by atoms with Gasteiger partial charge in [-0.3, -0.25) is 14.4 Å². The van der Waals surface area contributed by atoms with Crippen molar-refractivity contribution in [2.24, 2.45) is 0 Å². The van der Waals surface area contributed by atoms with Gasteiger partial charge >= 0.3 is 5.97 Å². The molecule has 2 aromatic rings. The summed E-state index contributed by atoms with van der Waals surface area (Å²) >= 11 is 0. The van der Waals surface area contributed by atoms with Crippen molar-refractivity contribution in [2.45, 2.75) is 26.4 Å². The van der Waals surface area contributed by atoms with Gasteiger partial charge in [-0.05, 0) is 19.9 Å². The van der Waals surface area contributed by atoms with E-state index < -0.39 is 23.3 Å². The highest BCUT2D eigenvalue weighted by Gasteiger charge is 2.22. The van der Waals surface area contributed by atoms with Gasteiger partial charge in [-0.2, -0.15) is 0 Å². The highest BCUT2D eigenvalue weighted by atomic mass is 16.7. The van der Waals surface area contributed by atoms with E-state index in [1.165, 1.54) is 13.1 Å². The van der Waals surface area contributed by atoms with E-state index in [0.29, 0.717) is 28.9 Å². The zero-order chi connectivity index (χ0) is 17.4.